The number of rotatable bonds is 10. The van der Waals surface area contributed by atoms with Gasteiger partial charge in [0.2, 0.25) is 0 Å². The standard InChI is InChI=1S/C19H26O2/c20-11(21)9-7-5-3-1-2-4-6-8-10-19-16-13-12-14(16)18(19)15(12)17(13)19/h8,10,12-18H,1-7,9H2,(H,20,21)/b10-8+. The minimum Gasteiger partial charge on any atom is -0.481 e. The zero-order chi connectivity index (χ0) is 14.2. The van der Waals surface area contributed by atoms with Gasteiger partial charge in [0.15, 0.2) is 0 Å². The van der Waals surface area contributed by atoms with Crippen LogP contribution in [0.5, 0.6) is 0 Å². The Morgan fingerprint density at radius 2 is 1.43 bits per heavy atom. The van der Waals surface area contributed by atoms with E-state index < -0.39 is 5.97 Å². The van der Waals surface area contributed by atoms with Crippen LogP contribution in [0.15, 0.2) is 12.2 Å². The minimum absolute atomic E-state index is 0.345. The van der Waals surface area contributed by atoms with E-state index in [0.29, 0.717) is 6.42 Å². The van der Waals surface area contributed by atoms with Crippen LogP contribution >= 0.6 is 0 Å². The average molecular weight is 286 g/mol. The lowest BCUT2D eigenvalue weighted by molar-refractivity contribution is -0.599. The second-order valence-corrected chi connectivity index (χ2v) is 8.34. The number of aliphatic carboxylic acids is 1. The number of carboxylic acids is 1. The van der Waals surface area contributed by atoms with Gasteiger partial charge in [-0.25, -0.2) is 0 Å². The Morgan fingerprint density at radius 1 is 0.857 bits per heavy atom. The van der Waals surface area contributed by atoms with Crippen LogP contribution in [0, 0.1) is 46.8 Å². The molecule has 0 amide bonds. The molecule has 6 aliphatic rings. The molecule has 0 heterocycles. The quantitative estimate of drug-likeness (QED) is 0.484. The first kappa shape index (κ1) is 12.7. The van der Waals surface area contributed by atoms with Crippen molar-refractivity contribution in [1.82, 2.24) is 0 Å². The van der Waals surface area contributed by atoms with Gasteiger partial charge in [0.05, 0.1) is 0 Å². The first-order valence-electron chi connectivity index (χ1n) is 9.18. The van der Waals surface area contributed by atoms with Gasteiger partial charge in [-0.05, 0) is 66.1 Å². The van der Waals surface area contributed by atoms with E-state index in [0.717, 1.165) is 36.0 Å². The SMILES string of the molecule is O=C(O)CCCCCCCC/C=C/C12C3C4C5C3C1C5C42. The maximum absolute atomic E-state index is 10.4. The summed E-state index contributed by atoms with van der Waals surface area (Å²) in [5, 5.41) is 8.56. The molecule has 0 aliphatic heterocycles. The fourth-order valence-corrected chi connectivity index (χ4v) is 7.39. The Bertz CT molecular complexity index is 455. The summed E-state index contributed by atoms with van der Waals surface area (Å²) in [4.78, 5) is 10.4. The van der Waals surface area contributed by atoms with Gasteiger partial charge in [-0.3, -0.25) is 4.79 Å². The van der Waals surface area contributed by atoms with Crippen molar-refractivity contribution in [1.29, 1.82) is 0 Å². The normalized spacial score (nSPS) is 52.3. The van der Waals surface area contributed by atoms with E-state index >= 15 is 0 Å². The third kappa shape index (κ3) is 1.26. The molecular weight excluding hydrogens is 260 g/mol. The van der Waals surface area contributed by atoms with Crippen molar-refractivity contribution in [2.45, 2.75) is 51.4 Å². The molecule has 0 radical (unpaired) electrons. The van der Waals surface area contributed by atoms with E-state index in [1.807, 2.05) is 0 Å². The second kappa shape index (κ2) is 4.14. The third-order valence-corrected chi connectivity index (χ3v) is 7.97. The van der Waals surface area contributed by atoms with Gasteiger partial charge >= 0.3 is 5.97 Å². The van der Waals surface area contributed by atoms with Crippen LogP contribution in [-0.4, -0.2) is 11.1 Å². The Balaban J connectivity index is 0.942. The molecule has 6 rings (SSSR count). The van der Waals surface area contributed by atoms with Crippen LogP contribution in [0.3, 0.4) is 0 Å². The number of carboxylic acid groups (broad SMARTS) is 1. The summed E-state index contributed by atoms with van der Waals surface area (Å²) in [5.41, 5.74) is 0.769. The zero-order valence-electron chi connectivity index (χ0n) is 12.7. The maximum atomic E-state index is 10.4. The van der Waals surface area contributed by atoms with E-state index in [1.165, 1.54) is 55.8 Å². The molecule has 2 heteroatoms. The summed E-state index contributed by atoms with van der Waals surface area (Å²) in [7, 11) is 0. The van der Waals surface area contributed by atoms with Gasteiger partial charge in [0.25, 0.3) is 0 Å². The fourth-order valence-electron chi connectivity index (χ4n) is 7.39. The first-order valence-corrected chi connectivity index (χ1v) is 9.18. The van der Waals surface area contributed by atoms with Crippen molar-refractivity contribution in [3.8, 4) is 0 Å². The lowest BCUT2D eigenvalue weighted by Gasteiger charge is -3.07. The molecule has 0 bridgehead atoms. The highest BCUT2D eigenvalue weighted by Crippen LogP contribution is 3.06. The summed E-state index contributed by atoms with van der Waals surface area (Å²) in [6, 6.07) is 0. The Kier molecular flexibility index (Phi) is 2.51. The van der Waals surface area contributed by atoms with Crippen molar-refractivity contribution < 1.29 is 9.90 Å². The largest absolute Gasteiger partial charge is 0.481 e. The molecule has 0 aromatic heterocycles. The summed E-state index contributed by atoms with van der Waals surface area (Å²) in [6.45, 7) is 0. The van der Waals surface area contributed by atoms with Gasteiger partial charge in [-0.1, -0.05) is 37.8 Å². The van der Waals surface area contributed by atoms with E-state index in [2.05, 4.69) is 12.2 Å². The highest BCUT2D eigenvalue weighted by atomic mass is 16.4. The summed E-state index contributed by atoms with van der Waals surface area (Å²) in [5.74, 6) is 7.69. The summed E-state index contributed by atoms with van der Waals surface area (Å²) >= 11 is 0. The molecule has 0 saturated heterocycles. The predicted octanol–water partition coefficient (Wildman–Crippen LogP) is 4.12. The highest BCUT2D eigenvalue weighted by Gasteiger charge is 3.03. The molecule has 0 atom stereocenters. The fraction of sp³-hybridized carbons (Fsp3) is 0.842. The van der Waals surface area contributed by atoms with E-state index in [9.17, 15) is 4.79 Å². The Morgan fingerprint density at radius 3 is 2.05 bits per heavy atom. The summed E-state index contributed by atoms with van der Waals surface area (Å²) in [6.07, 6.45) is 13.8. The molecule has 1 N–H and O–H groups in total. The van der Waals surface area contributed by atoms with Crippen LogP contribution in [0.4, 0.5) is 0 Å². The monoisotopic (exact) mass is 286 g/mol. The number of unbranched alkanes of at least 4 members (excludes halogenated alkanes) is 6. The van der Waals surface area contributed by atoms with Gasteiger partial charge in [0.1, 0.15) is 0 Å². The molecule has 0 aromatic rings. The highest BCUT2D eigenvalue weighted by molar-refractivity contribution is 5.66. The minimum atomic E-state index is -0.651. The van der Waals surface area contributed by atoms with Crippen LogP contribution in [0.1, 0.15) is 51.4 Å². The van der Waals surface area contributed by atoms with Crippen molar-refractivity contribution in [2.24, 2.45) is 46.8 Å². The molecule has 0 aromatic carbocycles. The van der Waals surface area contributed by atoms with Gasteiger partial charge in [-0.15, -0.1) is 0 Å². The lowest BCUT2D eigenvalue weighted by Crippen LogP contribution is -3.04. The smallest absolute Gasteiger partial charge is 0.303 e. The lowest BCUT2D eigenvalue weighted by atomic mass is 8.96. The topological polar surface area (TPSA) is 37.3 Å². The van der Waals surface area contributed by atoms with Crippen LogP contribution < -0.4 is 0 Å². The number of hydrogen-bond acceptors (Lipinski definition) is 1. The van der Waals surface area contributed by atoms with Gasteiger partial charge < -0.3 is 5.11 Å². The second-order valence-electron chi connectivity index (χ2n) is 8.34. The van der Waals surface area contributed by atoms with E-state index in [-0.39, 0.29) is 0 Å². The molecule has 6 saturated carbocycles. The molecule has 2 nitrogen and oxygen atoms in total. The zero-order valence-corrected chi connectivity index (χ0v) is 12.7. The van der Waals surface area contributed by atoms with Crippen LogP contribution in [-0.2, 0) is 4.79 Å². The van der Waals surface area contributed by atoms with Crippen LogP contribution in [0.25, 0.3) is 0 Å². The molecule has 6 aliphatic carbocycles. The van der Waals surface area contributed by atoms with Crippen molar-refractivity contribution in [3.05, 3.63) is 12.2 Å². The van der Waals surface area contributed by atoms with Crippen LogP contribution in [0.2, 0.25) is 0 Å². The number of carbonyl (C=O) groups is 1. The van der Waals surface area contributed by atoms with Gasteiger partial charge in [-0.2, -0.15) is 0 Å². The van der Waals surface area contributed by atoms with E-state index in [1.54, 1.807) is 0 Å². The van der Waals surface area contributed by atoms with E-state index in [4.69, 9.17) is 5.11 Å². The summed E-state index contributed by atoms with van der Waals surface area (Å²) < 4.78 is 0. The average Bonchev–Trinajstić information content (AvgIpc) is 2.49. The molecule has 0 spiro atoms. The Labute approximate surface area is 127 Å². The maximum Gasteiger partial charge on any atom is 0.303 e. The van der Waals surface area contributed by atoms with Crippen molar-refractivity contribution >= 4 is 5.97 Å². The molecule has 114 valence electrons. The third-order valence-electron chi connectivity index (χ3n) is 7.97. The Hall–Kier alpha value is -0.790. The number of hydrogen-bond donors (Lipinski definition) is 1. The predicted molar refractivity (Wildman–Crippen MR) is 80.6 cm³/mol. The van der Waals surface area contributed by atoms with Crippen molar-refractivity contribution in [2.75, 3.05) is 0 Å². The molecule has 21 heavy (non-hydrogen) atoms. The first-order chi connectivity index (χ1) is 10.3. The van der Waals surface area contributed by atoms with Gasteiger partial charge in [0, 0.05) is 6.42 Å². The van der Waals surface area contributed by atoms with Crippen molar-refractivity contribution in [3.63, 3.8) is 0 Å². The molecule has 6 fully saturated rings. The number of allylic oxidation sites excluding steroid dienone is 2. The molecule has 0 unspecified atom stereocenters. The molecular formula is C19H26O2.